The molecular weight excluding hydrogens is 314 g/mol. The molecule has 23 heavy (non-hydrogen) atoms. The Hall–Kier alpha value is -1.75. The van der Waals surface area contributed by atoms with Crippen LogP contribution in [0.15, 0.2) is 36.4 Å². The van der Waals surface area contributed by atoms with Crippen molar-refractivity contribution in [3.8, 4) is 22.6 Å². The molecule has 1 atom stereocenters. The quantitative estimate of drug-likeness (QED) is 0.905. The number of aliphatic hydroxyl groups excluding tert-OH is 1. The molecule has 0 unspecified atom stereocenters. The molecule has 0 saturated heterocycles. The molecule has 3 rings (SSSR count). The van der Waals surface area contributed by atoms with E-state index in [2.05, 4.69) is 4.90 Å². The van der Waals surface area contributed by atoms with Gasteiger partial charge in [-0.15, -0.1) is 0 Å². The molecule has 0 radical (unpaired) electrons. The van der Waals surface area contributed by atoms with Crippen LogP contribution in [0.1, 0.15) is 12.5 Å². The molecule has 2 aromatic carbocycles. The summed E-state index contributed by atoms with van der Waals surface area (Å²) in [6.07, 6.45) is -0.402. The highest BCUT2D eigenvalue weighted by Crippen LogP contribution is 2.38. The Balaban J connectivity index is 1.97. The third-order valence-electron chi connectivity index (χ3n) is 3.87. The van der Waals surface area contributed by atoms with Crippen LogP contribution in [-0.2, 0) is 6.54 Å². The molecule has 0 spiro atoms. The van der Waals surface area contributed by atoms with Gasteiger partial charge in [0.25, 0.3) is 0 Å². The van der Waals surface area contributed by atoms with E-state index in [1.807, 2.05) is 30.3 Å². The molecule has 1 aliphatic heterocycles. The zero-order valence-electron chi connectivity index (χ0n) is 13.0. The minimum absolute atomic E-state index is 0.136. The molecule has 0 aromatic heterocycles. The molecule has 0 aliphatic carbocycles. The van der Waals surface area contributed by atoms with Gasteiger partial charge < -0.3 is 14.9 Å². The Morgan fingerprint density at radius 1 is 1.26 bits per heavy atom. The van der Waals surface area contributed by atoms with E-state index in [0.717, 1.165) is 16.7 Å². The van der Waals surface area contributed by atoms with E-state index in [1.54, 1.807) is 13.0 Å². The maximum Gasteiger partial charge on any atom is 0.165 e. The molecule has 0 fully saturated rings. The first-order chi connectivity index (χ1) is 11.0. The lowest BCUT2D eigenvalue weighted by molar-refractivity contribution is 0.117. The Kier molecular flexibility index (Phi) is 4.76. The topological polar surface area (TPSA) is 52.9 Å². The first kappa shape index (κ1) is 16.1. The second-order valence-electron chi connectivity index (χ2n) is 5.93. The number of β-amino-alcohol motifs (C(OH)–C–C–N with tert-alkyl or cyclic N) is 1. The molecule has 0 bridgehead atoms. The summed E-state index contributed by atoms with van der Waals surface area (Å²) in [5.74, 6) is 0.667. The number of rotatable bonds is 3. The Bertz CT molecular complexity index is 703. The first-order valence-electron chi connectivity index (χ1n) is 7.68. The van der Waals surface area contributed by atoms with Crippen molar-refractivity contribution in [3.63, 3.8) is 0 Å². The molecule has 5 heteroatoms. The van der Waals surface area contributed by atoms with E-state index in [0.29, 0.717) is 37.0 Å². The SMILES string of the molecule is C[C@H](O)CN1CCOc2c(O)cc(-c3cccc(Cl)c3)cc2C1. The van der Waals surface area contributed by atoms with Gasteiger partial charge in [0.1, 0.15) is 6.61 Å². The van der Waals surface area contributed by atoms with Gasteiger partial charge in [0, 0.05) is 30.2 Å². The van der Waals surface area contributed by atoms with Crippen LogP contribution < -0.4 is 4.74 Å². The van der Waals surface area contributed by atoms with Crippen molar-refractivity contribution in [2.24, 2.45) is 0 Å². The lowest BCUT2D eigenvalue weighted by atomic mass is 10.0. The first-order valence-corrected chi connectivity index (χ1v) is 8.06. The van der Waals surface area contributed by atoms with Crippen LogP contribution >= 0.6 is 11.6 Å². The van der Waals surface area contributed by atoms with E-state index >= 15 is 0 Å². The lowest BCUT2D eigenvalue weighted by Crippen LogP contribution is -2.32. The van der Waals surface area contributed by atoms with E-state index in [9.17, 15) is 10.2 Å². The highest BCUT2D eigenvalue weighted by Gasteiger charge is 2.20. The average molecular weight is 334 g/mol. The van der Waals surface area contributed by atoms with Crippen LogP contribution in [0.5, 0.6) is 11.5 Å². The summed E-state index contributed by atoms with van der Waals surface area (Å²) in [5.41, 5.74) is 2.76. The summed E-state index contributed by atoms with van der Waals surface area (Å²) >= 11 is 6.06. The van der Waals surface area contributed by atoms with Gasteiger partial charge in [0.05, 0.1) is 6.10 Å². The smallest absolute Gasteiger partial charge is 0.165 e. The number of halogens is 1. The predicted octanol–water partition coefficient (Wildman–Crippen LogP) is 3.29. The van der Waals surface area contributed by atoms with E-state index in [4.69, 9.17) is 16.3 Å². The minimum atomic E-state index is -0.402. The number of nitrogens with zero attached hydrogens (tertiary/aromatic N) is 1. The summed E-state index contributed by atoms with van der Waals surface area (Å²) in [6.45, 7) is 4.18. The summed E-state index contributed by atoms with van der Waals surface area (Å²) in [5, 5.41) is 20.6. The molecule has 4 nitrogen and oxygen atoms in total. The molecule has 1 aliphatic rings. The van der Waals surface area contributed by atoms with Crippen LogP contribution in [0.4, 0.5) is 0 Å². The number of benzene rings is 2. The van der Waals surface area contributed by atoms with Crippen molar-refractivity contribution >= 4 is 11.6 Å². The largest absolute Gasteiger partial charge is 0.504 e. The fraction of sp³-hybridized carbons (Fsp3) is 0.333. The number of aromatic hydroxyl groups is 1. The number of ether oxygens (including phenoxy) is 1. The molecule has 1 heterocycles. The highest BCUT2D eigenvalue weighted by atomic mass is 35.5. The third kappa shape index (κ3) is 3.78. The van der Waals surface area contributed by atoms with Gasteiger partial charge in [-0.25, -0.2) is 0 Å². The summed E-state index contributed by atoms with van der Waals surface area (Å²) in [6, 6.07) is 11.3. The molecule has 2 N–H and O–H groups in total. The number of aliphatic hydroxyl groups is 1. The van der Waals surface area contributed by atoms with E-state index in [-0.39, 0.29) is 5.75 Å². The monoisotopic (exact) mass is 333 g/mol. The summed E-state index contributed by atoms with van der Waals surface area (Å²) in [7, 11) is 0. The normalized spacial score (nSPS) is 16.3. The van der Waals surface area contributed by atoms with Gasteiger partial charge in [-0.05, 0) is 42.3 Å². The maximum atomic E-state index is 10.3. The van der Waals surface area contributed by atoms with Crippen molar-refractivity contribution in [3.05, 3.63) is 47.0 Å². The fourth-order valence-electron chi connectivity index (χ4n) is 2.92. The zero-order valence-corrected chi connectivity index (χ0v) is 13.8. The van der Waals surface area contributed by atoms with E-state index in [1.165, 1.54) is 0 Å². The van der Waals surface area contributed by atoms with Crippen molar-refractivity contribution in [2.45, 2.75) is 19.6 Å². The predicted molar refractivity (Wildman–Crippen MR) is 91.0 cm³/mol. The van der Waals surface area contributed by atoms with Gasteiger partial charge in [-0.2, -0.15) is 0 Å². The standard InChI is InChI=1S/C18H20ClNO3/c1-12(21)10-20-5-6-23-18-15(11-20)7-14(9-17(18)22)13-3-2-4-16(19)8-13/h2-4,7-9,12,21-22H,5-6,10-11H2,1H3/t12-/m0/s1. The lowest BCUT2D eigenvalue weighted by Gasteiger charge is -2.21. The molecular formula is C18H20ClNO3. The van der Waals surface area contributed by atoms with Crippen LogP contribution in [0.3, 0.4) is 0 Å². The molecule has 2 aromatic rings. The average Bonchev–Trinajstić information content (AvgIpc) is 2.68. The number of phenolic OH excluding ortho intramolecular Hbond substituents is 1. The third-order valence-corrected chi connectivity index (χ3v) is 4.11. The van der Waals surface area contributed by atoms with Gasteiger partial charge in [0.2, 0.25) is 0 Å². The minimum Gasteiger partial charge on any atom is -0.504 e. The molecule has 0 amide bonds. The number of hydrogen-bond acceptors (Lipinski definition) is 4. The second-order valence-corrected chi connectivity index (χ2v) is 6.36. The Morgan fingerprint density at radius 2 is 2.09 bits per heavy atom. The van der Waals surface area contributed by atoms with Gasteiger partial charge in [-0.1, -0.05) is 23.7 Å². The van der Waals surface area contributed by atoms with Crippen LogP contribution in [0.2, 0.25) is 5.02 Å². The Morgan fingerprint density at radius 3 is 2.83 bits per heavy atom. The van der Waals surface area contributed by atoms with Gasteiger partial charge in [0.15, 0.2) is 11.5 Å². The number of hydrogen-bond donors (Lipinski definition) is 2. The highest BCUT2D eigenvalue weighted by molar-refractivity contribution is 6.30. The van der Waals surface area contributed by atoms with E-state index < -0.39 is 6.10 Å². The van der Waals surface area contributed by atoms with Crippen molar-refractivity contribution in [1.29, 1.82) is 0 Å². The molecule has 122 valence electrons. The van der Waals surface area contributed by atoms with Crippen molar-refractivity contribution < 1.29 is 14.9 Å². The summed E-state index contributed by atoms with van der Waals surface area (Å²) < 4.78 is 5.71. The van der Waals surface area contributed by atoms with Gasteiger partial charge in [-0.3, -0.25) is 4.90 Å². The number of fused-ring (bicyclic) bond motifs is 1. The summed E-state index contributed by atoms with van der Waals surface area (Å²) in [4.78, 5) is 2.12. The van der Waals surface area contributed by atoms with Crippen LogP contribution in [0.25, 0.3) is 11.1 Å². The van der Waals surface area contributed by atoms with Crippen LogP contribution in [-0.4, -0.2) is 40.9 Å². The fourth-order valence-corrected chi connectivity index (χ4v) is 3.11. The molecule has 0 saturated carbocycles. The van der Waals surface area contributed by atoms with Crippen molar-refractivity contribution in [1.82, 2.24) is 4.90 Å². The maximum absolute atomic E-state index is 10.3. The van der Waals surface area contributed by atoms with Crippen molar-refractivity contribution in [2.75, 3.05) is 19.7 Å². The number of phenols is 1. The van der Waals surface area contributed by atoms with Crippen LogP contribution in [0, 0.1) is 0 Å². The zero-order chi connectivity index (χ0) is 16.4. The Labute approximate surface area is 140 Å². The second kappa shape index (κ2) is 6.79. The van der Waals surface area contributed by atoms with Gasteiger partial charge >= 0.3 is 0 Å².